The maximum Gasteiger partial charge on any atom is 0.417 e. The molecule has 130 valence electrons. The number of carbonyl (C=O) groups is 3. The van der Waals surface area contributed by atoms with Crippen molar-refractivity contribution < 1.29 is 19.1 Å². The Hall–Kier alpha value is -1.59. The fraction of sp³-hybridized carbons (Fsp3) is 0.833. The Labute approximate surface area is 141 Å². The molecule has 2 aliphatic heterocycles. The van der Waals surface area contributed by atoms with E-state index in [1.807, 2.05) is 4.90 Å². The van der Waals surface area contributed by atoms with Crippen molar-refractivity contribution in [2.75, 3.05) is 19.7 Å². The van der Waals surface area contributed by atoms with Crippen molar-refractivity contribution in [2.45, 2.75) is 51.0 Å². The molecule has 0 aromatic heterocycles. The zero-order valence-electron chi connectivity index (χ0n) is 13.9. The summed E-state index contributed by atoms with van der Waals surface area (Å²) < 4.78 is 4.82. The van der Waals surface area contributed by atoms with Gasteiger partial charge < -0.3 is 9.64 Å². The molecule has 2 saturated heterocycles. The molecular formula is C18H24N2O4. The van der Waals surface area contributed by atoms with Crippen molar-refractivity contribution in [2.24, 2.45) is 23.2 Å². The molecule has 4 aliphatic carbocycles. The fourth-order valence-corrected chi connectivity index (χ4v) is 6.56. The van der Waals surface area contributed by atoms with Crippen LogP contribution >= 0.6 is 0 Å². The highest BCUT2D eigenvalue weighted by atomic mass is 16.6. The van der Waals surface area contributed by atoms with Crippen LogP contribution in [0, 0.1) is 23.2 Å². The summed E-state index contributed by atoms with van der Waals surface area (Å²) in [7, 11) is 0. The van der Waals surface area contributed by atoms with E-state index in [1.54, 1.807) is 0 Å². The van der Waals surface area contributed by atoms with Crippen LogP contribution in [0.2, 0.25) is 0 Å². The summed E-state index contributed by atoms with van der Waals surface area (Å²) in [5, 5.41) is 0. The standard InChI is InChI=1S/C18H24N2O4/c21-15-10-24-17(23)20(15)14-1-2-19(9-14)16(22)18-6-11-3-12(7-18)5-13(4-11)8-18/h11-14H,1-10H2. The van der Waals surface area contributed by atoms with Gasteiger partial charge in [0, 0.05) is 13.1 Å². The van der Waals surface area contributed by atoms with Gasteiger partial charge in [-0.05, 0) is 62.7 Å². The van der Waals surface area contributed by atoms with Crippen LogP contribution in [-0.2, 0) is 14.3 Å². The Morgan fingerprint density at radius 3 is 2.21 bits per heavy atom. The van der Waals surface area contributed by atoms with Gasteiger partial charge in [-0.1, -0.05) is 0 Å². The molecule has 0 aromatic rings. The summed E-state index contributed by atoms with van der Waals surface area (Å²) in [5.41, 5.74) is -0.140. The minimum atomic E-state index is -0.547. The quantitative estimate of drug-likeness (QED) is 0.773. The summed E-state index contributed by atoms with van der Waals surface area (Å²) in [6.45, 7) is 0.988. The van der Waals surface area contributed by atoms with Gasteiger partial charge in [0.2, 0.25) is 5.91 Å². The molecule has 6 fully saturated rings. The van der Waals surface area contributed by atoms with E-state index in [0.29, 0.717) is 25.4 Å². The second-order valence-electron chi connectivity index (χ2n) is 8.71. The summed E-state index contributed by atoms with van der Waals surface area (Å²) in [6, 6.07) is -0.203. The van der Waals surface area contributed by atoms with Crippen molar-refractivity contribution in [3.05, 3.63) is 0 Å². The third-order valence-corrected chi connectivity index (χ3v) is 7.09. The third-order valence-electron chi connectivity index (χ3n) is 7.09. The van der Waals surface area contributed by atoms with E-state index >= 15 is 0 Å². The number of likely N-dealkylation sites (tertiary alicyclic amines) is 1. The van der Waals surface area contributed by atoms with E-state index in [2.05, 4.69) is 0 Å². The van der Waals surface area contributed by atoms with Crippen molar-refractivity contribution >= 4 is 17.9 Å². The zero-order chi connectivity index (χ0) is 16.5. The molecule has 24 heavy (non-hydrogen) atoms. The van der Waals surface area contributed by atoms with E-state index < -0.39 is 6.09 Å². The molecule has 4 bridgehead atoms. The number of hydrogen-bond acceptors (Lipinski definition) is 4. The monoisotopic (exact) mass is 332 g/mol. The van der Waals surface area contributed by atoms with Crippen LogP contribution in [0.1, 0.15) is 44.9 Å². The topological polar surface area (TPSA) is 66.9 Å². The smallest absolute Gasteiger partial charge is 0.417 e. The number of rotatable bonds is 2. The lowest BCUT2D eigenvalue weighted by Gasteiger charge is -2.56. The first kappa shape index (κ1) is 14.7. The predicted molar refractivity (Wildman–Crippen MR) is 83.8 cm³/mol. The first-order valence-electron chi connectivity index (χ1n) is 9.32. The number of nitrogens with zero attached hydrogens (tertiary/aromatic N) is 2. The summed E-state index contributed by atoms with van der Waals surface area (Å²) in [5.74, 6) is 2.26. The highest BCUT2D eigenvalue weighted by Gasteiger charge is 2.56. The molecular weight excluding hydrogens is 308 g/mol. The Balaban J connectivity index is 1.32. The number of carbonyl (C=O) groups excluding carboxylic acids is 3. The molecule has 1 atom stereocenters. The number of hydrogen-bond donors (Lipinski definition) is 0. The number of ether oxygens (including phenoxy) is 1. The molecule has 0 aromatic carbocycles. The normalized spacial score (nSPS) is 43.7. The number of amides is 3. The molecule has 6 rings (SSSR count). The lowest BCUT2D eigenvalue weighted by atomic mass is 9.49. The minimum absolute atomic E-state index is 0.140. The van der Waals surface area contributed by atoms with Gasteiger partial charge in [-0.25, -0.2) is 9.69 Å². The maximum atomic E-state index is 13.3. The Morgan fingerprint density at radius 2 is 1.67 bits per heavy atom. The van der Waals surface area contributed by atoms with Gasteiger partial charge in [0.05, 0.1) is 11.5 Å². The highest BCUT2D eigenvalue weighted by molar-refractivity contribution is 5.98. The van der Waals surface area contributed by atoms with Crippen LogP contribution in [0.15, 0.2) is 0 Å². The van der Waals surface area contributed by atoms with Crippen molar-refractivity contribution in [3.63, 3.8) is 0 Å². The highest BCUT2D eigenvalue weighted by Crippen LogP contribution is 2.60. The summed E-state index contributed by atoms with van der Waals surface area (Å²) in [4.78, 5) is 40.1. The minimum Gasteiger partial charge on any atom is -0.439 e. The SMILES string of the molecule is O=C1COC(=O)N1C1CCN(C(=O)C23CC4CC(CC(C4)C2)C3)C1. The number of cyclic esters (lactones) is 1. The molecule has 4 saturated carbocycles. The van der Waals surface area contributed by atoms with E-state index in [1.165, 1.54) is 24.2 Å². The molecule has 3 amide bonds. The van der Waals surface area contributed by atoms with E-state index in [9.17, 15) is 14.4 Å². The van der Waals surface area contributed by atoms with Crippen LogP contribution in [-0.4, -0.2) is 53.4 Å². The average Bonchev–Trinajstić information content (AvgIpc) is 3.12. The van der Waals surface area contributed by atoms with Crippen molar-refractivity contribution in [3.8, 4) is 0 Å². The molecule has 0 N–H and O–H groups in total. The molecule has 6 heteroatoms. The van der Waals surface area contributed by atoms with Gasteiger partial charge in [0.25, 0.3) is 5.91 Å². The number of imide groups is 1. The van der Waals surface area contributed by atoms with Crippen LogP contribution in [0.5, 0.6) is 0 Å². The Bertz CT molecular complexity index is 565. The maximum absolute atomic E-state index is 13.3. The average molecular weight is 332 g/mol. The Kier molecular flexibility index (Phi) is 3.04. The van der Waals surface area contributed by atoms with Gasteiger partial charge in [-0.15, -0.1) is 0 Å². The van der Waals surface area contributed by atoms with Crippen molar-refractivity contribution in [1.82, 2.24) is 9.80 Å². The molecule has 1 unspecified atom stereocenters. The van der Waals surface area contributed by atoms with E-state index in [-0.39, 0.29) is 24.0 Å². The van der Waals surface area contributed by atoms with E-state index in [0.717, 1.165) is 37.0 Å². The first-order valence-corrected chi connectivity index (χ1v) is 9.32. The lowest BCUT2D eigenvalue weighted by Crippen LogP contribution is -2.54. The van der Waals surface area contributed by atoms with E-state index in [4.69, 9.17) is 4.74 Å². The van der Waals surface area contributed by atoms with Crippen LogP contribution < -0.4 is 0 Å². The van der Waals surface area contributed by atoms with Gasteiger partial charge in [0.15, 0.2) is 6.61 Å². The molecule has 2 heterocycles. The lowest BCUT2D eigenvalue weighted by molar-refractivity contribution is -0.156. The third kappa shape index (κ3) is 2.04. The molecule has 0 spiro atoms. The van der Waals surface area contributed by atoms with Gasteiger partial charge in [-0.2, -0.15) is 0 Å². The largest absolute Gasteiger partial charge is 0.439 e. The van der Waals surface area contributed by atoms with Crippen LogP contribution in [0.3, 0.4) is 0 Å². The molecule has 6 nitrogen and oxygen atoms in total. The predicted octanol–water partition coefficient (Wildman–Crippen LogP) is 1.78. The summed E-state index contributed by atoms with van der Waals surface area (Å²) >= 11 is 0. The molecule has 6 aliphatic rings. The fourth-order valence-electron chi connectivity index (χ4n) is 6.56. The van der Waals surface area contributed by atoms with Crippen LogP contribution in [0.4, 0.5) is 4.79 Å². The van der Waals surface area contributed by atoms with Gasteiger partial charge in [-0.3, -0.25) is 9.59 Å². The van der Waals surface area contributed by atoms with Crippen molar-refractivity contribution in [1.29, 1.82) is 0 Å². The van der Waals surface area contributed by atoms with Crippen LogP contribution in [0.25, 0.3) is 0 Å². The Morgan fingerprint density at radius 1 is 1.04 bits per heavy atom. The van der Waals surface area contributed by atoms with Gasteiger partial charge in [0.1, 0.15) is 0 Å². The second-order valence-corrected chi connectivity index (χ2v) is 8.71. The zero-order valence-corrected chi connectivity index (χ0v) is 13.9. The first-order chi connectivity index (χ1) is 11.5. The second kappa shape index (κ2) is 4.96. The van der Waals surface area contributed by atoms with Gasteiger partial charge >= 0.3 is 6.09 Å². The molecule has 0 radical (unpaired) electrons. The summed E-state index contributed by atoms with van der Waals surface area (Å²) in [6.07, 6.45) is 7.28.